The van der Waals surface area contributed by atoms with E-state index in [1.165, 1.54) is 0 Å². The molecule has 1 unspecified atom stereocenters. The lowest BCUT2D eigenvalue weighted by Crippen LogP contribution is -2.27. The molecule has 3 nitrogen and oxygen atoms in total. The summed E-state index contributed by atoms with van der Waals surface area (Å²) in [6.07, 6.45) is 1.20. The summed E-state index contributed by atoms with van der Waals surface area (Å²) in [5, 5.41) is 15.0. The number of aromatic nitrogens is 1. The van der Waals surface area contributed by atoms with Crippen LogP contribution in [0.25, 0.3) is 10.9 Å². The summed E-state index contributed by atoms with van der Waals surface area (Å²) in [5.41, 5.74) is 1.82. The topological polar surface area (TPSA) is 48.0 Å². The van der Waals surface area contributed by atoms with E-state index < -0.39 is 6.10 Å². The fourth-order valence-corrected chi connectivity index (χ4v) is 2.17. The van der Waals surface area contributed by atoms with E-state index in [2.05, 4.69) is 24.1 Å². The van der Waals surface area contributed by atoms with Crippen LogP contribution < -0.4 is 5.32 Å². The number of hydrogen-bond donors (Lipinski definition) is 3. The highest BCUT2D eigenvalue weighted by atomic mass is 35.5. The molecule has 1 heterocycles. The van der Waals surface area contributed by atoms with E-state index in [1.807, 2.05) is 18.2 Å². The van der Waals surface area contributed by atoms with Crippen molar-refractivity contribution in [2.24, 2.45) is 0 Å². The molecule has 1 aromatic carbocycles. The van der Waals surface area contributed by atoms with Crippen LogP contribution in [0.3, 0.4) is 0 Å². The maximum absolute atomic E-state index is 10.2. The minimum Gasteiger partial charge on any atom is -0.387 e. The van der Waals surface area contributed by atoms with Crippen LogP contribution in [0.2, 0.25) is 5.02 Å². The van der Waals surface area contributed by atoms with Gasteiger partial charge in [-0.3, -0.25) is 0 Å². The highest BCUT2D eigenvalue weighted by Gasteiger charge is 2.14. The number of halogens is 1. The summed E-state index contributed by atoms with van der Waals surface area (Å²) in [4.78, 5) is 3.08. The van der Waals surface area contributed by atoms with Crippen LogP contribution in [0.4, 0.5) is 0 Å². The van der Waals surface area contributed by atoms with Gasteiger partial charge in [0.1, 0.15) is 0 Å². The number of fused-ring (bicyclic) bond motifs is 1. The zero-order valence-electron chi connectivity index (χ0n) is 10.00. The highest BCUT2D eigenvalue weighted by Crippen LogP contribution is 2.30. The van der Waals surface area contributed by atoms with Gasteiger partial charge in [0, 0.05) is 29.7 Å². The number of nitrogens with one attached hydrogen (secondary N) is 2. The highest BCUT2D eigenvalue weighted by molar-refractivity contribution is 6.35. The van der Waals surface area contributed by atoms with E-state index in [1.54, 1.807) is 6.20 Å². The molecule has 0 aliphatic carbocycles. The first kappa shape index (κ1) is 12.4. The molecule has 1 aromatic heterocycles. The first-order valence-electron chi connectivity index (χ1n) is 5.76. The van der Waals surface area contributed by atoms with Crippen LogP contribution in [0.1, 0.15) is 25.5 Å². The smallest absolute Gasteiger partial charge is 0.0921 e. The molecule has 17 heavy (non-hydrogen) atoms. The third-order valence-corrected chi connectivity index (χ3v) is 3.07. The Morgan fingerprint density at radius 1 is 1.41 bits per heavy atom. The molecule has 0 saturated heterocycles. The molecule has 0 aliphatic rings. The van der Waals surface area contributed by atoms with Crippen molar-refractivity contribution in [1.82, 2.24) is 10.3 Å². The van der Waals surface area contributed by atoms with E-state index in [-0.39, 0.29) is 0 Å². The SMILES string of the molecule is CC(C)NCC(O)c1cccc2[nH]cc(Cl)c12. The predicted octanol–water partition coefficient (Wildman–Crippen LogP) is 2.85. The summed E-state index contributed by atoms with van der Waals surface area (Å²) in [7, 11) is 0. The Labute approximate surface area is 106 Å². The third-order valence-electron chi connectivity index (χ3n) is 2.77. The predicted molar refractivity (Wildman–Crippen MR) is 71.4 cm³/mol. The van der Waals surface area contributed by atoms with Gasteiger partial charge in [-0.05, 0) is 11.6 Å². The molecule has 0 radical (unpaired) electrons. The van der Waals surface area contributed by atoms with E-state index in [4.69, 9.17) is 11.6 Å². The van der Waals surface area contributed by atoms with Crippen molar-refractivity contribution in [3.8, 4) is 0 Å². The average molecular weight is 253 g/mol. The minimum absolute atomic E-state index is 0.352. The molecule has 1 atom stereocenters. The van der Waals surface area contributed by atoms with Gasteiger partial charge in [0.25, 0.3) is 0 Å². The van der Waals surface area contributed by atoms with Crippen LogP contribution in [0.15, 0.2) is 24.4 Å². The van der Waals surface area contributed by atoms with Gasteiger partial charge in [-0.25, -0.2) is 0 Å². The normalized spacial score (nSPS) is 13.5. The Balaban J connectivity index is 2.31. The molecule has 0 fully saturated rings. The van der Waals surface area contributed by atoms with Gasteiger partial charge >= 0.3 is 0 Å². The lowest BCUT2D eigenvalue weighted by molar-refractivity contribution is 0.173. The third kappa shape index (κ3) is 2.63. The van der Waals surface area contributed by atoms with Crippen LogP contribution in [0.5, 0.6) is 0 Å². The first-order valence-corrected chi connectivity index (χ1v) is 6.14. The maximum Gasteiger partial charge on any atom is 0.0921 e. The fourth-order valence-electron chi connectivity index (χ4n) is 1.91. The summed E-state index contributed by atoms with van der Waals surface area (Å²) >= 11 is 6.12. The van der Waals surface area contributed by atoms with Crippen molar-refractivity contribution in [1.29, 1.82) is 0 Å². The number of H-pyrrole nitrogens is 1. The molecule has 4 heteroatoms. The Morgan fingerprint density at radius 2 is 2.18 bits per heavy atom. The molecule has 0 saturated carbocycles. The van der Waals surface area contributed by atoms with E-state index in [9.17, 15) is 5.11 Å². The van der Waals surface area contributed by atoms with Gasteiger partial charge in [-0.2, -0.15) is 0 Å². The average Bonchev–Trinajstić information content (AvgIpc) is 2.68. The van der Waals surface area contributed by atoms with Gasteiger partial charge in [0.05, 0.1) is 11.1 Å². The van der Waals surface area contributed by atoms with Crippen LogP contribution in [-0.2, 0) is 0 Å². The molecule has 2 rings (SSSR count). The Hall–Kier alpha value is -1.03. The van der Waals surface area contributed by atoms with Gasteiger partial charge < -0.3 is 15.4 Å². The van der Waals surface area contributed by atoms with Gasteiger partial charge in [0.15, 0.2) is 0 Å². The minimum atomic E-state index is -0.547. The molecular weight excluding hydrogens is 236 g/mol. The number of benzene rings is 1. The van der Waals surface area contributed by atoms with E-state index in [0.717, 1.165) is 16.5 Å². The quantitative estimate of drug-likeness (QED) is 0.784. The fraction of sp³-hybridized carbons (Fsp3) is 0.385. The largest absolute Gasteiger partial charge is 0.387 e. The lowest BCUT2D eigenvalue weighted by atomic mass is 10.0. The van der Waals surface area contributed by atoms with E-state index >= 15 is 0 Å². The molecule has 0 spiro atoms. The first-order chi connectivity index (χ1) is 8.09. The Kier molecular flexibility index (Phi) is 3.72. The maximum atomic E-state index is 10.2. The lowest BCUT2D eigenvalue weighted by Gasteiger charge is -2.15. The Bertz CT molecular complexity index is 507. The van der Waals surface area contributed by atoms with Crippen molar-refractivity contribution in [2.75, 3.05) is 6.54 Å². The van der Waals surface area contributed by atoms with Gasteiger partial charge in [-0.1, -0.05) is 37.6 Å². The second-order valence-corrected chi connectivity index (χ2v) is 4.89. The van der Waals surface area contributed by atoms with Crippen molar-refractivity contribution >= 4 is 22.5 Å². The molecular formula is C13H17ClN2O. The number of hydrogen-bond acceptors (Lipinski definition) is 2. The van der Waals surface area contributed by atoms with Crippen molar-refractivity contribution in [2.45, 2.75) is 26.0 Å². The second-order valence-electron chi connectivity index (χ2n) is 4.49. The number of aromatic amines is 1. The zero-order chi connectivity index (χ0) is 12.4. The monoisotopic (exact) mass is 252 g/mol. The van der Waals surface area contributed by atoms with Crippen molar-refractivity contribution < 1.29 is 5.11 Å². The van der Waals surface area contributed by atoms with Crippen molar-refractivity contribution in [3.05, 3.63) is 35.0 Å². The van der Waals surface area contributed by atoms with Crippen LogP contribution in [-0.4, -0.2) is 22.7 Å². The molecule has 3 N–H and O–H groups in total. The Morgan fingerprint density at radius 3 is 2.88 bits per heavy atom. The van der Waals surface area contributed by atoms with Crippen LogP contribution in [0, 0.1) is 0 Å². The van der Waals surface area contributed by atoms with Gasteiger partial charge in [0.2, 0.25) is 0 Å². The molecule has 92 valence electrons. The summed E-state index contributed by atoms with van der Waals surface area (Å²) in [6.45, 7) is 4.63. The number of aliphatic hydroxyl groups is 1. The van der Waals surface area contributed by atoms with Gasteiger partial charge in [-0.15, -0.1) is 0 Å². The second kappa shape index (κ2) is 5.08. The number of aliphatic hydroxyl groups excluding tert-OH is 1. The standard InChI is InChI=1S/C13H17ClN2O/c1-8(2)15-7-12(17)9-4-3-5-11-13(9)10(14)6-16-11/h3-6,8,12,15-17H,7H2,1-2H3. The van der Waals surface area contributed by atoms with Crippen molar-refractivity contribution in [3.63, 3.8) is 0 Å². The van der Waals surface area contributed by atoms with E-state index in [0.29, 0.717) is 17.6 Å². The van der Waals surface area contributed by atoms with Crippen LogP contribution >= 0.6 is 11.6 Å². The molecule has 0 aliphatic heterocycles. The summed E-state index contributed by atoms with van der Waals surface area (Å²) < 4.78 is 0. The molecule has 0 amide bonds. The summed E-state index contributed by atoms with van der Waals surface area (Å²) in [6, 6.07) is 6.14. The molecule has 2 aromatic rings. The zero-order valence-corrected chi connectivity index (χ0v) is 10.8. The summed E-state index contributed by atoms with van der Waals surface area (Å²) in [5.74, 6) is 0. The molecule has 0 bridgehead atoms. The number of rotatable bonds is 4.